The Labute approximate surface area is 98.4 Å². The molecule has 0 aliphatic heterocycles. The summed E-state index contributed by atoms with van der Waals surface area (Å²) in [5.41, 5.74) is 6.28. The van der Waals surface area contributed by atoms with Crippen molar-refractivity contribution in [1.29, 1.82) is 0 Å². The lowest BCUT2D eigenvalue weighted by Gasteiger charge is -2.11. The maximum absolute atomic E-state index is 11.3. The van der Waals surface area contributed by atoms with Gasteiger partial charge < -0.3 is 11.1 Å². The van der Waals surface area contributed by atoms with E-state index in [9.17, 15) is 4.79 Å². The van der Waals surface area contributed by atoms with Gasteiger partial charge in [-0.1, -0.05) is 11.6 Å². The number of benzene rings is 1. The number of nitrogens with two attached hydrogens (primary N) is 1. The van der Waals surface area contributed by atoms with E-state index < -0.39 is 0 Å². The molecule has 5 heteroatoms. The van der Waals surface area contributed by atoms with Crippen LogP contribution in [0.25, 0.3) is 0 Å². The molecular weight excluding hydrogens is 232 g/mol. The Morgan fingerprint density at radius 2 is 2.27 bits per heavy atom. The summed E-state index contributed by atoms with van der Waals surface area (Å²) < 4.78 is 0. The van der Waals surface area contributed by atoms with Gasteiger partial charge in [0.2, 0.25) is 5.91 Å². The number of anilines is 1. The van der Waals surface area contributed by atoms with Gasteiger partial charge in [0.25, 0.3) is 0 Å². The zero-order chi connectivity index (χ0) is 11.4. The molecule has 0 fully saturated rings. The van der Waals surface area contributed by atoms with Crippen LogP contribution in [0.1, 0.15) is 6.92 Å². The number of halogens is 1. The van der Waals surface area contributed by atoms with Gasteiger partial charge in [-0.2, -0.15) is 0 Å². The Hall–Kier alpha value is -0.870. The van der Waals surface area contributed by atoms with Crippen molar-refractivity contribution >= 4 is 35.0 Å². The Kier molecular flexibility index (Phi) is 4.29. The van der Waals surface area contributed by atoms with Gasteiger partial charge in [0, 0.05) is 17.6 Å². The Morgan fingerprint density at radius 3 is 2.87 bits per heavy atom. The molecule has 3 N–H and O–H groups in total. The quantitative estimate of drug-likeness (QED) is 0.633. The lowest BCUT2D eigenvalue weighted by molar-refractivity contribution is -0.119. The van der Waals surface area contributed by atoms with E-state index in [1.54, 1.807) is 25.2 Å². The molecule has 0 aliphatic rings. The fourth-order valence-electron chi connectivity index (χ4n) is 1.06. The molecule has 3 nitrogen and oxygen atoms in total. The number of nitrogen functional groups attached to an aromatic ring is 1. The average Bonchev–Trinajstić information content (AvgIpc) is 2.22. The van der Waals surface area contributed by atoms with E-state index in [0.29, 0.717) is 10.7 Å². The van der Waals surface area contributed by atoms with Crippen LogP contribution in [0.5, 0.6) is 0 Å². The third-order valence-corrected chi connectivity index (χ3v) is 3.48. The largest absolute Gasteiger partial charge is 0.399 e. The van der Waals surface area contributed by atoms with E-state index in [2.05, 4.69) is 5.32 Å². The van der Waals surface area contributed by atoms with Crippen molar-refractivity contribution in [2.45, 2.75) is 17.1 Å². The van der Waals surface area contributed by atoms with E-state index in [1.165, 1.54) is 11.8 Å². The first kappa shape index (κ1) is 12.2. The first-order valence-electron chi connectivity index (χ1n) is 4.48. The van der Waals surface area contributed by atoms with Crippen molar-refractivity contribution < 1.29 is 4.79 Å². The van der Waals surface area contributed by atoms with Gasteiger partial charge >= 0.3 is 0 Å². The molecule has 82 valence electrons. The van der Waals surface area contributed by atoms with Crippen LogP contribution in [0.2, 0.25) is 5.02 Å². The van der Waals surface area contributed by atoms with Gasteiger partial charge in [-0.3, -0.25) is 4.79 Å². The summed E-state index contributed by atoms with van der Waals surface area (Å²) in [6, 6.07) is 5.24. The van der Waals surface area contributed by atoms with Gasteiger partial charge in [0.05, 0.1) is 10.3 Å². The topological polar surface area (TPSA) is 55.1 Å². The Morgan fingerprint density at radius 1 is 1.60 bits per heavy atom. The van der Waals surface area contributed by atoms with Crippen LogP contribution < -0.4 is 11.1 Å². The minimum atomic E-state index is -0.186. The van der Waals surface area contributed by atoms with Crippen molar-refractivity contribution in [2.75, 3.05) is 12.8 Å². The normalized spacial score (nSPS) is 12.2. The highest BCUT2D eigenvalue weighted by Crippen LogP contribution is 2.31. The molecule has 15 heavy (non-hydrogen) atoms. The lowest BCUT2D eigenvalue weighted by Crippen LogP contribution is -2.27. The van der Waals surface area contributed by atoms with Gasteiger partial charge in [-0.05, 0) is 25.1 Å². The zero-order valence-corrected chi connectivity index (χ0v) is 10.2. The maximum atomic E-state index is 11.3. The summed E-state index contributed by atoms with van der Waals surface area (Å²) in [5, 5.41) is 3.01. The summed E-state index contributed by atoms with van der Waals surface area (Å²) in [7, 11) is 1.61. The number of rotatable bonds is 3. The molecule has 0 aromatic heterocycles. The first-order chi connectivity index (χ1) is 7.04. The van der Waals surface area contributed by atoms with Crippen molar-refractivity contribution in [3.63, 3.8) is 0 Å². The monoisotopic (exact) mass is 244 g/mol. The Balaban J connectivity index is 2.80. The van der Waals surface area contributed by atoms with Crippen LogP contribution in [0, 0.1) is 0 Å². The molecule has 1 amide bonds. The van der Waals surface area contributed by atoms with E-state index in [-0.39, 0.29) is 11.2 Å². The molecule has 1 unspecified atom stereocenters. The first-order valence-corrected chi connectivity index (χ1v) is 5.73. The minimum Gasteiger partial charge on any atom is -0.399 e. The third-order valence-electron chi connectivity index (χ3n) is 1.87. The second-order valence-corrected chi connectivity index (χ2v) is 4.85. The van der Waals surface area contributed by atoms with Crippen LogP contribution in [0.3, 0.4) is 0 Å². The molecule has 0 aliphatic carbocycles. The van der Waals surface area contributed by atoms with E-state index >= 15 is 0 Å². The fourth-order valence-corrected chi connectivity index (χ4v) is 2.30. The van der Waals surface area contributed by atoms with E-state index in [0.717, 1.165) is 4.90 Å². The van der Waals surface area contributed by atoms with E-state index in [1.807, 2.05) is 6.92 Å². The second-order valence-electron chi connectivity index (χ2n) is 3.06. The summed E-state index contributed by atoms with van der Waals surface area (Å²) in [6.07, 6.45) is 0. The molecular formula is C10H13ClN2OS. The van der Waals surface area contributed by atoms with Crippen LogP contribution in [-0.2, 0) is 4.79 Å². The number of carbonyl (C=O) groups excluding carboxylic acids is 1. The van der Waals surface area contributed by atoms with E-state index in [4.69, 9.17) is 17.3 Å². The smallest absolute Gasteiger partial charge is 0.232 e. The molecule has 1 atom stereocenters. The van der Waals surface area contributed by atoms with Crippen molar-refractivity contribution in [3.8, 4) is 0 Å². The van der Waals surface area contributed by atoms with Crippen molar-refractivity contribution in [2.24, 2.45) is 0 Å². The molecule has 0 bridgehead atoms. The molecule has 0 heterocycles. The highest BCUT2D eigenvalue weighted by molar-refractivity contribution is 8.00. The average molecular weight is 245 g/mol. The highest BCUT2D eigenvalue weighted by Gasteiger charge is 2.14. The van der Waals surface area contributed by atoms with Gasteiger partial charge in [-0.15, -0.1) is 11.8 Å². The fraction of sp³-hybridized carbons (Fsp3) is 0.300. The minimum absolute atomic E-state index is 0.0292. The van der Waals surface area contributed by atoms with Crippen LogP contribution in [0.4, 0.5) is 5.69 Å². The van der Waals surface area contributed by atoms with Gasteiger partial charge in [-0.25, -0.2) is 0 Å². The number of hydrogen-bond donors (Lipinski definition) is 2. The predicted octanol–water partition coefficient (Wildman–Crippen LogP) is 2.15. The number of nitrogens with one attached hydrogen (secondary N) is 1. The SMILES string of the molecule is CNC(=O)C(C)Sc1cc(N)ccc1Cl. The number of carbonyl (C=O) groups is 1. The summed E-state index contributed by atoms with van der Waals surface area (Å²) in [5.74, 6) is -0.0292. The van der Waals surface area contributed by atoms with Gasteiger partial charge in [0.15, 0.2) is 0 Å². The highest BCUT2D eigenvalue weighted by atomic mass is 35.5. The maximum Gasteiger partial charge on any atom is 0.232 e. The molecule has 1 rings (SSSR count). The zero-order valence-electron chi connectivity index (χ0n) is 8.58. The van der Waals surface area contributed by atoms with Gasteiger partial charge in [0.1, 0.15) is 0 Å². The van der Waals surface area contributed by atoms with Crippen molar-refractivity contribution in [3.05, 3.63) is 23.2 Å². The summed E-state index contributed by atoms with van der Waals surface area (Å²) >= 11 is 7.37. The molecule has 0 radical (unpaired) electrons. The predicted molar refractivity (Wildman–Crippen MR) is 65.3 cm³/mol. The molecule has 1 aromatic rings. The Bertz CT molecular complexity index is 370. The molecule has 0 saturated carbocycles. The third kappa shape index (κ3) is 3.32. The van der Waals surface area contributed by atoms with Crippen LogP contribution >= 0.6 is 23.4 Å². The number of hydrogen-bond acceptors (Lipinski definition) is 3. The van der Waals surface area contributed by atoms with Crippen LogP contribution in [-0.4, -0.2) is 18.2 Å². The van der Waals surface area contributed by atoms with Crippen LogP contribution in [0.15, 0.2) is 23.1 Å². The summed E-state index contributed by atoms with van der Waals surface area (Å²) in [4.78, 5) is 12.1. The number of amides is 1. The standard InChI is InChI=1S/C10H13ClN2OS/c1-6(10(14)13-2)15-9-5-7(12)3-4-8(9)11/h3-6H,12H2,1-2H3,(H,13,14). The molecule has 0 saturated heterocycles. The molecule has 0 spiro atoms. The second kappa shape index (κ2) is 5.28. The van der Waals surface area contributed by atoms with Crippen molar-refractivity contribution in [1.82, 2.24) is 5.32 Å². The summed E-state index contributed by atoms with van der Waals surface area (Å²) in [6.45, 7) is 1.82. The lowest BCUT2D eigenvalue weighted by atomic mass is 10.3. The molecule has 1 aromatic carbocycles. The number of thioether (sulfide) groups is 1.